The maximum absolute atomic E-state index is 12.6. The standard InChI is InChI=1S/C60H114N4O18/c1-13-57(10)38-79-54(45(4)48(57)7)77-36-34-71-30-28-68-25-19-62-51(65)16-22-73-41-60(61,43-75-24-18-53(67)64-21-27-70-32-33-76-44-82-56-47(6)50(9)59(12,15-3)40-81-56)42-74-23-17-52(66)63-20-26-69-29-31-72-35-37-78-55-46(5)49(8)58(11,14-2)39-80-55/h45-50,54-56H,13-44,61H2,1-12H3,(H,62,65)(H,63,66)(H,64,67)/t45?,46?,47?,48-,49-,50-,54+,55+,56-,57+,58+,59+,60?/m1/s1. The van der Waals surface area contributed by atoms with E-state index in [1.165, 1.54) is 0 Å². The monoisotopic (exact) mass is 1180 g/mol. The van der Waals surface area contributed by atoms with E-state index < -0.39 is 5.54 Å². The molecule has 3 aliphatic heterocycles. The van der Waals surface area contributed by atoms with Crippen LogP contribution in [0.1, 0.15) is 122 Å². The van der Waals surface area contributed by atoms with Crippen LogP contribution in [0.5, 0.6) is 0 Å². The van der Waals surface area contributed by atoms with Crippen molar-refractivity contribution in [3.05, 3.63) is 0 Å². The number of carbonyl (C=O) groups is 3. The smallest absolute Gasteiger partial charge is 0.222 e. The first-order chi connectivity index (χ1) is 39.3. The average molecular weight is 1180 g/mol. The fourth-order valence-electron chi connectivity index (χ4n) is 10.1. The molecule has 3 amide bonds. The van der Waals surface area contributed by atoms with Crippen molar-refractivity contribution in [2.75, 3.05) is 172 Å². The molecule has 22 heteroatoms. The summed E-state index contributed by atoms with van der Waals surface area (Å²) in [5.41, 5.74) is 6.06. The van der Waals surface area contributed by atoms with Gasteiger partial charge in [-0.3, -0.25) is 14.4 Å². The highest BCUT2D eigenvalue weighted by Crippen LogP contribution is 2.44. The van der Waals surface area contributed by atoms with E-state index in [1.807, 2.05) is 0 Å². The average Bonchev–Trinajstić information content (AvgIpc) is 3.63. The van der Waals surface area contributed by atoms with Crippen molar-refractivity contribution in [3.63, 3.8) is 0 Å². The Morgan fingerprint density at radius 3 is 1.01 bits per heavy atom. The molecule has 0 aliphatic carbocycles. The first-order valence-electron chi connectivity index (χ1n) is 30.7. The summed E-state index contributed by atoms with van der Waals surface area (Å²) in [6.45, 7) is 35.2. The number of nitrogens with two attached hydrogens (primary N) is 1. The number of rotatable bonds is 47. The quantitative estimate of drug-likeness (QED) is 0.0434. The van der Waals surface area contributed by atoms with Crippen LogP contribution in [-0.2, 0) is 85.4 Å². The van der Waals surface area contributed by atoms with E-state index in [0.717, 1.165) is 19.3 Å². The van der Waals surface area contributed by atoms with E-state index in [-0.39, 0.29) is 124 Å². The lowest BCUT2D eigenvalue weighted by atomic mass is 9.69. The van der Waals surface area contributed by atoms with Gasteiger partial charge in [0, 0.05) is 56.7 Å². The first-order valence-corrected chi connectivity index (χ1v) is 30.7. The van der Waals surface area contributed by atoms with Crippen molar-refractivity contribution in [1.29, 1.82) is 0 Å². The minimum absolute atomic E-state index is 0.00463. The molecule has 0 saturated carbocycles. The Balaban J connectivity index is 1.26. The van der Waals surface area contributed by atoms with Crippen LogP contribution >= 0.6 is 0 Å². The molecule has 0 aromatic rings. The molecule has 0 radical (unpaired) electrons. The Hall–Kier alpha value is -2.23. The van der Waals surface area contributed by atoms with Crippen molar-refractivity contribution < 1.29 is 85.4 Å². The predicted molar refractivity (Wildman–Crippen MR) is 310 cm³/mol. The highest BCUT2D eigenvalue weighted by atomic mass is 16.8. The number of hydrogen-bond donors (Lipinski definition) is 4. The summed E-state index contributed by atoms with van der Waals surface area (Å²) < 4.78 is 87.2. The van der Waals surface area contributed by atoms with Gasteiger partial charge in [0.15, 0.2) is 18.9 Å². The molecule has 0 spiro atoms. The van der Waals surface area contributed by atoms with Crippen LogP contribution in [0.3, 0.4) is 0 Å². The fraction of sp³-hybridized carbons (Fsp3) is 0.950. The molecule has 482 valence electrons. The summed E-state index contributed by atoms with van der Waals surface area (Å²) in [4.78, 5) is 37.7. The van der Waals surface area contributed by atoms with Gasteiger partial charge in [-0.1, -0.05) is 83.1 Å². The molecule has 3 rings (SSSR count). The Morgan fingerprint density at radius 1 is 0.415 bits per heavy atom. The van der Waals surface area contributed by atoms with Gasteiger partial charge in [-0.2, -0.15) is 0 Å². The Kier molecular flexibility index (Phi) is 37.0. The lowest BCUT2D eigenvalue weighted by Gasteiger charge is -2.46. The molecular formula is C60H114N4O18. The number of ether oxygens (including phenoxy) is 15. The molecule has 0 aromatic carbocycles. The van der Waals surface area contributed by atoms with Crippen LogP contribution in [0, 0.1) is 51.8 Å². The third-order valence-electron chi connectivity index (χ3n) is 17.9. The molecular weight excluding hydrogens is 1060 g/mol. The molecule has 5 N–H and O–H groups in total. The van der Waals surface area contributed by atoms with Gasteiger partial charge in [-0.25, -0.2) is 0 Å². The van der Waals surface area contributed by atoms with Crippen molar-refractivity contribution in [2.45, 2.75) is 146 Å². The normalized spacial score (nSPS) is 29.3. The second kappa shape index (κ2) is 41.0. The van der Waals surface area contributed by atoms with Crippen LogP contribution in [-0.4, -0.2) is 214 Å². The molecule has 3 aliphatic rings. The number of carbonyl (C=O) groups excluding carboxylic acids is 3. The number of amides is 3. The fourth-order valence-corrected chi connectivity index (χ4v) is 10.1. The van der Waals surface area contributed by atoms with E-state index in [0.29, 0.717) is 155 Å². The lowest BCUT2D eigenvalue weighted by Crippen LogP contribution is -2.53. The van der Waals surface area contributed by atoms with E-state index in [1.54, 1.807) is 0 Å². The molecule has 3 heterocycles. The zero-order valence-corrected chi connectivity index (χ0v) is 52.7. The largest absolute Gasteiger partial charge is 0.379 e. The Morgan fingerprint density at radius 2 is 0.695 bits per heavy atom. The van der Waals surface area contributed by atoms with E-state index in [9.17, 15) is 14.4 Å². The number of hydrogen-bond acceptors (Lipinski definition) is 19. The molecule has 3 unspecified atom stereocenters. The molecule has 3 fully saturated rings. The van der Waals surface area contributed by atoms with Crippen LogP contribution < -0.4 is 21.7 Å². The zero-order valence-electron chi connectivity index (χ0n) is 52.7. The Labute approximate surface area is 492 Å². The third kappa shape index (κ3) is 27.6. The minimum atomic E-state index is -1.14. The lowest BCUT2D eigenvalue weighted by molar-refractivity contribution is -0.266. The second-order valence-corrected chi connectivity index (χ2v) is 23.8. The molecule has 12 atom stereocenters. The third-order valence-corrected chi connectivity index (χ3v) is 17.9. The van der Waals surface area contributed by atoms with Gasteiger partial charge in [0.05, 0.1) is 151 Å². The topological polar surface area (TPSA) is 252 Å². The van der Waals surface area contributed by atoms with Gasteiger partial charge in [-0.15, -0.1) is 0 Å². The summed E-state index contributed by atoms with van der Waals surface area (Å²) >= 11 is 0. The molecule has 3 saturated heterocycles. The van der Waals surface area contributed by atoms with E-state index in [2.05, 4.69) is 99.0 Å². The van der Waals surface area contributed by atoms with Gasteiger partial charge in [0.25, 0.3) is 0 Å². The van der Waals surface area contributed by atoms with Gasteiger partial charge in [-0.05, 0) is 53.3 Å². The van der Waals surface area contributed by atoms with Crippen LogP contribution in [0.2, 0.25) is 0 Å². The van der Waals surface area contributed by atoms with Crippen molar-refractivity contribution in [1.82, 2.24) is 16.0 Å². The highest BCUT2D eigenvalue weighted by Gasteiger charge is 2.44. The van der Waals surface area contributed by atoms with Crippen molar-refractivity contribution in [2.24, 2.45) is 57.5 Å². The van der Waals surface area contributed by atoms with Gasteiger partial charge in [0.1, 0.15) is 6.79 Å². The van der Waals surface area contributed by atoms with Crippen molar-refractivity contribution >= 4 is 17.7 Å². The van der Waals surface area contributed by atoms with Gasteiger partial charge >= 0.3 is 0 Å². The van der Waals surface area contributed by atoms with Gasteiger partial charge < -0.3 is 92.7 Å². The highest BCUT2D eigenvalue weighted by molar-refractivity contribution is 5.76. The summed E-state index contributed by atoms with van der Waals surface area (Å²) in [7, 11) is 0. The number of nitrogens with one attached hydrogen (secondary N) is 3. The molecule has 82 heavy (non-hydrogen) atoms. The van der Waals surface area contributed by atoms with Crippen LogP contribution in [0.4, 0.5) is 0 Å². The SMILES string of the molecule is CC[C@@]1(C)CO[C@H](OCCOCCOCCNC(=O)CCOCC(N)(COCCC(=O)NCCOCCOCCO[C@H]2OC[C@](C)(CC)[C@H](C)C2C)COCCC(=O)NCCOCCOCO[C@H]2OC[C@](C)(CC)[C@H](C)C2C)C(C)[C@H]1C. The van der Waals surface area contributed by atoms with E-state index in [4.69, 9.17) is 76.8 Å². The van der Waals surface area contributed by atoms with E-state index >= 15 is 0 Å². The maximum Gasteiger partial charge on any atom is 0.222 e. The molecule has 0 bridgehead atoms. The molecule has 0 aromatic heterocycles. The van der Waals surface area contributed by atoms with Crippen molar-refractivity contribution in [3.8, 4) is 0 Å². The summed E-state index contributed by atoms with van der Waals surface area (Å²) in [6.07, 6.45) is 2.73. The first kappa shape index (κ1) is 74.0. The van der Waals surface area contributed by atoms with Crippen LogP contribution in [0.25, 0.3) is 0 Å². The second-order valence-electron chi connectivity index (χ2n) is 23.8. The maximum atomic E-state index is 12.6. The Bertz CT molecular complexity index is 1630. The summed E-state index contributed by atoms with van der Waals surface area (Å²) in [6, 6.07) is 0. The molecule has 22 nitrogen and oxygen atoms in total. The minimum Gasteiger partial charge on any atom is -0.379 e. The summed E-state index contributed by atoms with van der Waals surface area (Å²) in [5.74, 6) is 1.69. The summed E-state index contributed by atoms with van der Waals surface area (Å²) in [5, 5.41) is 8.48. The predicted octanol–water partition coefficient (Wildman–Crippen LogP) is 5.49. The zero-order chi connectivity index (χ0) is 60.3. The van der Waals surface area contributed by atoms with Gasteiger partial charge in [0.2, 0.25) is 17.7 Å². The van der Waals surface area contributed by atoms with Crippen LogP contribution in [0.15, 0.2) is 0 Å².